The third kappa shape index (κ3) is 4.73. The van der Waals surface area contributed by atoms with Crippen molar-refractivity contribution in [3.05, 3.63) is 11.3 Å². The molecule has 0 aromatic carbocycles. The Morgan fingerprint density at radius 1 is 1.25 bits per heavy atom. The molecule has 0 aliphatic rings. The highest BCUT2D eigenvalue weighted by atomic mass is 28.2. The van der Waals surface area contributed by atoms with E-state index in [4.69, 9.17) is 0 Å². The lowest BCUT2D eigenvalue weighted by molar-refractivity contribution is 0.627. The quantitative estimate of drug-likeness (QED) is 0.509. The van der Waals surface area contributed by atoms with Crippen LogP contribution in [0.3, 0.4) is 0 Å². The molecule has 0 aromatic heterocycles. The number of allylic oxidation sites excluding steroid dienone is 1. The molecule has 0 amide bonds. The van der Waals surface area contributed by atoms with E-state index in [2.05, 4.69) is 45.3 Å². The first-order valence-corrected chi connectivity index (χ1v) is 6.52. The van der Waals surface area contributed by atoms with Gasteiger partial charge in [-0.15, -0.1) is 0 Å². The van der Waals surface area contributed by atoms with Crippen molar-refractivity contribution < 1.29 is 0 Å². The van der Waals surface area contributed by atoms with Crippen molar-refractivity contribution in [3.63, 3.8) is 0 Å². The molecular formula is C10H23NSi. The van der Waals surface area contributed by atoms with Crippen molar-refractivity contribution >= 4 is 9.68 Å². The Morgan fingerprint density at radius 3 is 2.08 bits per heavy atom. The van der Waals surface area contributed by atoms with E-state index in [1.807, 2.05) is 0 Å². The molecule has 72 valence electrons. The van der Waals surface area contributed by atoms with Crippen molar-refractivity contribution in [3.8, 4) is 0 Å². The van der Waals surface area contributed by atoms with Gasteiger partial charge in [0.25, 0.3) is 0 Å². The largest absolute Gasteiger partial charge is 0.339 e. The molecule has 0 atom stereocenters. The Kier molecular flexibility index (Phi) is 6.39. The molecule has 0 fully saturated rings. The molecule has 0 aromatic rings. The van der Waals surface area contributed by atoms with Gasteiger partial charge in [-0.3, -0.25) is 0 Å². The summed E-state index contributed by atoms with van der Waals surface area (Å²) in [6, 6.07) is 0. The molecule has 0 saturated heterocycles. The molecule has 2 heteroatoms. The standard InChI is InChI=1S/C10H23NSi/c1-6-11-12-7-10(8(2)3)9(4)5/h7-9,11H,6,12H2,1-5H3. The Balaban J connectivity index is 4.00. The van der Waals surface area contributed by atoms with Crippen LogP contribution in [0.15, 0.2) is 11.3 Å². The van der Waals surface area contributed by atoms with E-state index in [0.29, 0.717) is 0 Å². The van der Waals surface area contributed by atoms with Crippen molar-refractivity contribution in [1.29, 1.82) is 0 Å². The van der Waals surface area contributed by atoms with Crippen molar-refractivity contribution in [1.82, 2.24) is 4.98 Å². The first-order chi connectivity index (χ1) is 5.59. The molecule has 0 radical (unpaired) electrons. The molecule has 1 N–H and O–H groups in total. The van der Waals surface area contributed by atoms with Gasteiger partial charge in [-0.2, -0.15) is 0 Å². The number of hydrogen-bond acceptors (Lipinski definition) is 1. The highest BCUT2D eigenvalue weighted by Crippen LogP contribution is 2.17. The monoisotopic (exact) mass is 185 g/mol. The van der Waals surface area contributed by atoms with Crippen LogP contribution in [0, 0.1) is 11.8 Å². The summed E-state index contributed by atoms with van der Waals surface area (Å²) in [6.45, 7) is 12.4. The summed E-state index contributed by atoms with van der Waals surface area (Å²) in [4.78, 5) is 3.45. The van der Waals surface area contributed by atoms with Crippen LogP contribution in [-0.2, 0) is 0 Å². The van der Waals surface area contributed by atoms with Crippen molar-refractivity contribution in [2.75, 3.05) is 6.54 Å². The van der Waals surface area contributed by atoms with Gasteiger partial charge in [-0.1, -0.05) is 45.9 Å². The highest BCUT2D eigenvalue weighted by Gasteiger charge is 2.06. The minimum atomic E-state index is -0.134. The van der Waals surface area contributed by atoms with E-state index in [0.717, 1.165) is 18.4 Å². The summed E-state index contributed by atoms with van der Waals surface area (Å²) >= 11 is 0. The summed E-state index contributed by atoms with van der Waals surface area (Å²) < 4.78 is 0. The summed E-state index contributed by atoms with van der Waals surface area (Å²) in [5.41, 5.74) is 4.10. The first-order valence-electron chi connectivity index (χ1n) is 5.00. The van der Waals surface area contributed by atoms with Gasteiger partial charge >= 0.3 is 0 Å². The molecule has 12 heavy (non-hydrogen) atoms. The summed E-state index contributed by atoms with van der Waals surface area (Å²) in [7, 11) is -0.134. The van der Waals surface area contributed by atoms with Gasteiger partial charge < -0.3 is 4.98 Å². The van der Waals surface area contributed by atoms with Gasteiger partial charge in [-0.05, 0) is 18.4 Å². The molecule has 0 rings (SSSR count). The van der Waals surface area contributed by atoms with E-state index in [9.17, 15) is 0 Å². The smallest absolute Gasteiger partial charge is 0.116 e. The maximum atomic E-state index is 3.45. The lowest BCUT2D eigenvalue weighted by atomic mass is 9.95. The fourth-order valence-electron chi connectivity index (χ4n) is 1.47. The van der Waals surface area contributed by atoms with Crippen LogP contribution in [0.1, 0.15) is 34.6 Å². The fourth-order valence-corrected chi connectivity index (χ4v) is 3.08. The Bertz CT molecular complexity index is 129. The third-order valence-electron chi connectivity index (χ3n) is 2.07. The van der Waals surface area contributed by atoms with E-state index in [-0.39, 0.29) is 9.68 Å². The molecule has 0 unspecified atom stereocenters. The minimum Gasteiger partial charge on any atom is -0.339 e. The number of nitrogens with one attached hydrogen (secondary N) is 1. The molecule has 0 spiro atoms. The average Bonchev–Trinajstić information content (AvgIpc) is 1.96. The maximum absolute atomic E-state index is 3.45. The first kappa shape index (κ1) is 11.9. The summed E-state index contributed by atoms with van der Waals surface area (Å²) in [5.74, 6) is 1.44. The lowest BCUT2D eigenvalue weighted by Gasteiger charge is -2.15. The molecule has 0 saturated carbocycles. The van der Waals surface area contributed by atoms with Crippen LogP contribution in [0.4, 0.5) is 0 Å². The van der Waals surface area contributed by atoms with Gasteiger partial charge in [0.05, 0.1) is 0 Å². The Morgan fingerprint density at radius 2 is 1.75 bits per heavy atom. The van der Waals surface area contributed by atoms with Crippen LogP contribution < -0.4 is 4.98 Å². The topological polar surface area (TPSA) is 12.0 Å². The van der Waals surface area contributed by atoms with Crippen LogP contribution in [0.25, 0.3) is 0 Å². The van der Waals surface area contributed by atoms with Gasteiger partial charge in [0.1, 0.15) is 9.68 Å². The summed E-state index contributed by atoms with van der Waals surface area (Å²) in [5, 5.41) is 0. The van der Waals surface area contributed by atoms with Gasteiger partial charge in [0.2, 0.25) is 0 Å². The van der Waals surface area contributed by atoms with E-state index in [1.54, 1.807) is 5.57 Å². The molecule has 0 aliphatic heterocycles. The second-order valence-corrected chi connectivity index (χ2v) is 5.14. The average molecular weight is 185 g/mol. The fraction of sp³-hybridized carbons (Fsp3) is 0.800. The second kappa shape index (κ2) is 6.43. The van der Waals surface area contributed by atoms with Gasteiger partial charge in [0, 0.05) is 0 Å². The van der Waals surface area contributed by atoms with Crippen LogP contribution in [-0.4, -0.2) is 16.2 Å². The zero-order chi connectivity index (χ0) is 9.56. The molecule has 0 bridgehead atoms. The zero-order valence-electron chi connectivity index (χ0n) is 9.15. The highest BCUT2D eigenvalue weighted by molar-refractivity contribution is 6.39. The van der Waals surface area contributed by atoms with Crippen molar-refractivity contribution in [2.24, 2.45) is 11.8 Å². The third-order valence-corrected chi connectivity index (χ3v) is 3.53. The molecule has 0 heterocycles. The number of rotatable bonds is 5. The van der Waals surface area contributed by atoms with Crippen LogP contribution in [0.2, 0.25) is 0 Å². The van der Waals surface area contributed by atoms with Gasteiger partial charge in [0.15, 0.2) is 0 Å². The van der Waals surface area contributed by atoms with E-state index in [1.165, 1.54) is 0 Å². The predicted octanol–water partition coefficient (Wildman–Crippen LogP) is 1.88. The molecule has 1 nitrogen and oxygen atoms in total. The summed E-state index contributed by atoms with van der Waals surface area (Å²) in [6.07, 6.45) is 0. The normalized spacial score (nSPS) is 11.9. The molecular weight excluding hydrogens is 162 g/mol. The lowest BCUT2D eigenvalue weighted by Crippen LogP contribution is -2.18. The Labute approximate surface area is 79.5 Å². The van der Waals surface area contributed by atoms with E-state index < -0.39 is 0 Å². The Hall–Kier alpha value is -0.0831. The second-order valence-electron chi connectivity index (χ2n) is 3.82. The van der Waals surface area contributed by atoms with Crippen molar-refractivity contribution in [2.45, 2.75) is 34.6 Å². The number of hydrogen-bond donors (Lipinski definition) is 1. The van der Waals surface area contributed by atoms with Crippen LogP contribution in [0.5, 0.6) is 0 Å². The zero-order valence-corrected chi connectivity index (χ0v) is 10.6. The maximum Gasteiger partial charge on any atom is 0.116 e. The predicted molar refractivity (Wildman–Crippen MR) is 60.0 cm³/mol. The molecule has 0 aliphatic carbocycles. The van der Waals surface area contributed by atoms with Gasteiger partial charge in [-0.25, -0.2) is 0 Å². The van der Waals surface area contributed by atoms with Crippen LogP contribution >= 0.6 is 0 Å². The van der Waals surface area contributed by atoms with E-state index >= 15 is 0 Å². The SMILES string of the molecule is CCN[SiH2]C=C(C(C)C)C(C)C. The minimum absolute atomic E-state index is 0.134.